The van der Waals surface area contributed by atoms with Crippen molar-refractivity contribution in [3.05, 3.63) is 52.6 Å². The van der Waals surface area contributed by atoms with Gasteiger partial charge in [0, 0.05) is 18.2 Å². The fraction of sp³-hybridized carbons (Fsp3) is 0.125. The van der Waals surface area contributed by atoms with Crippen LogP contribution in [0.4, 0.5) is 10.8 Å². The molecule has 0 saturated heterocycles. The first-order valence-electron chi connectivity index (χ1n) is 7.17. The van der Waals surface area contributed by atoms with E-state index in [2.05, 4.69) is 10.3 Å². The van der Waals surface area contributed by atoms with E-state index >= 15 is 0 Å². The predicted molar refractivity (Wildman–Crippen MR) is 93.4 cm³/mol. The molecule has 0 saturated carbocycles. The first-order chi connectivity index (χ1) is 12.0. The molecule has 1 N–H and O–H groups in total. The number of amides is 1. The Hall–Kier alpha value is -3.20. The third-order valence-electron chi connectivity index (χ3n) is 3.24. The average molecular weight is 359 g/mol. The van der Waals surface area contributed by atoms with Gasteiger partial charge in [-0.05, 0) is 18.2 Å². The summed E-state index contributed by atoms with van der Waals surface area (Å²) >= 11 is 1.16. The van der Waals surface area contributed by atoms with Crippen molar-refractivity contribution in [2.75, 3.05) is 19.0 Å². The van der Waals surface area contributed by atoms with Gasteiger partial charge in [0.1, 0.15) is 11.5 Å². The lowest BCUT2D eigenvalue weighted by atomic mass is 10.3. The number of nitro groups is 1. The fourth-order valence-electron chi connectivity index (χ4n) is 2.08. The largest absolute Gasteiger partial charge is 0.497 e. The van der Waals surface area contributed by atoms with Crippen LogP contribution in [0, 0.1) is 10.1 Å². The second-order valence-electron chi connectivity index (χ2n) is 4.94. The molecule has 0 radical (unpaired) electrons. The number of nitrogens with zero attached hydrogens (tertiary/aromatic N) is 2. The minimum absolute atomic E-state index is 0.0182. The quantitative estimate of drug-likeness (QED) is 0.535. The lowest BCUT2D eigenvalue weighted by Gasteiger charge is -2.07. The van der Waals surface area contributed by atoms with Crippen molar-refractivity contribution < 1.29 is 19.2 Å². The number of aromatic nitrogens is 1. The minimum Gasteiger partial charge on any atom is -0.497 e. The topological polar surface area (TPSA) is 104 Å². The van der Waals surface area contributed by atoms with Gasteiger partial charge in [0.25, 0.3) is 11.6 Å². The van der Waals surface area contributed by atoms with E-state index in [1.807, 2.05) is 0 Å². The molecule has 9 heteroatoms. The Morgan fingerprint density at radius 2 is 2.08 bits per heavy atom. The average Bonchev–Trinajstić information content (AvgIpc) is 3.01. The van der Waals surface area contributed by atoms with Crippen molar-refractivity contribution in [3.63, 3.8) is 0 Å². The summed E-state index contributed by atoms with van der Waals surface area (Å²) in [5, 5.41) is 13.8. The Morgan fingerprint density at radius 3 is 2.84 bits per heavy atom. The van der Waals surface area contributed by atoms with E-state index in [1.165, 1.54) is 12.1 Å². The third kappa shape index (κ3) is 4.01. The third-order valence-corrected chi connectivity index (χ3v) is 4.17. The summed E-state index contributed by atoms with van der Waals surface area (Å²) in [6.45, 7) is -0.191. The Bertz CT molecular complexity index is 940. The number of nitrogens with one attached hydrogen (secondary N) is 1. The molecule has 0 aliphatic carbocycles. The molecule has 0 aliphatic heterocycles. The summed E-state index contributed by atoms with van der Waals surface area (Å²) < 4.78 is 11.1. The zero-order valence-electron chi connectivity index (χ0n) is 13.1. The molecule has 2 aromatic carbocycles. The van der Waals surface area contributed by atoms with Crippen molar-refractivity contribution in [2.24, 2.45) is 0 Å². The predicted octanol–water partition coefficient (Wildman–Crippen LogP) is 3.23. The van der Waals surface area contributed by atoms with Crippen LogP contribution in [0.15, 0.2) is 42.5 Å². The maximum Gasteiger partial charge on any atom is 0.270 e. The zero-order chi connectivity index (χ0) is 17.8. The summed E-state index contributed by atoms with van der Waals surface area (Å²) in [4.78, 5) is 26.5. The number of non-ortho nitro benzene ring substituents is 1. The zero-order valence-corrected chi connectivity index (χ0v) is 13.9. The van der Waals surface area contributed by atoms with Crippen LogP contribution in [0.5, 0.6) is 11.5 Å². The number of hydrogen-bond donors (Lipinski definition) is 1. The highest BCUT2D eigenvalue weighted by atomic mass is 32.1. The van der Waals surface area contributed by atoms with E-state index in [4.69, 9.17) is 9.47 Å². The molecule has 25 heavy (non-hydrogen) atoms. The monoisotopic (exact) mass is 359 g/mol. The molecule has 128 valence electrons. The number of carbonyl (C=O) groups excluding carboxylic acids is 1. The van der Waals surface area contributed by atoms with Crippen LogP contribution in [-0.2, 0) is 4.79 Å². The molecule has 1 amide bonds. The smallest absolute Gasteiger partial charge is 0.270 e. The number of thiazole rings is 1. The second-order valence-corrected chi connectivity index (χ2v) is 5.97. The van der Waals surface area contributed by atoms with Gasteiger partial charge >= 0.3 is 0 Å². The van der Waals surface area contributed by atoms with Crippen molar-refractivity contribution in [1.29, 1.82) is 0 Å². The molecule has 8 nitrogen and oxygen atoms in total. The van der Waals surface area contributed by atoms with E-state index in [0.717, 1.165) is 11.3 Å². The number of benzene rings is 2. The van der Waals surface area contributed by atoms with Gasteiger partial charge in [0.2, 0.25) is 0 Å². The molecule has 0 atom stereocenters. The lowest BCUT2D eigenvalue weighted by molar-refractivity contribution is -0.384. The number of ether oxygens (including phenoxy) is 2. The van der Waals surface area contributed by atoms with Gasteiger partial charge in [0.05, 0.1) is 22.2 Å². The van der Waals surface area contributed by atoms with Crippen molar-refractivity contribution in [2.45, 2.75) is 0 Å². The highest BCUT2D eigenvalue weighted by molar-refractivity contribution is 7.22. The highest BCUT2D eigenvalue weighted by Gasteiger charge is 2.12. The summed E-state index contributed by atoms with van der Waals surface area (Å²) in [5.74, 6) is 0.761. The molecular formula is C16H13N3O5S. The Kier molecular flexibility index (Phi) is 4.75. The summed E-state index contributed by atoms with van der Waals surface area (Å²) in [7, 11) is 1.54. The number of carbonyl (C=O) groups is 1. The van der Waals surface area contributed by atoms with E-state index in [9.17, 15) is 14.9 Å². The second kappa shape index (κ2) is 7.14. The molecule has 0 spiro atoms. The number of anilines is 1. The summed E-state index contributed by atoms with van der Waals surface area (Å²) in [6, 6.07) is 11.3. The molecule has 3 rings (SSSR count). The molecule has 1 aromatic heterocycles. The summed E-state index contributed by atoms with van der Waals surface area (Å²) in [6.07, 6.45) is 0. The Labute approximate surface area is 146 Å². The van der Waals surface area contributed by atoms with E-state index in [-0.39, 0.29) is 18.2 Å². The normalized spacial score (nSPS) is 10.4. The van der Waals surface area contributed by atoms with Crippen LogP contribution in [0.2, 0.25) is 0 Å². The van der Waals surface area contributed by atoms with E-state index in [0.29, 0.717) is 26.8 Å². The van der Waals surface area contributed by atoms with Gasteiger partial charge in [-0.3, -0.25) is 20.2 Å². The van der Waals surface area contributed by atoms with Crippen LogP contribution < -0.4 is 14.8 Å². The van der Waals surface area contributed by atoms with Gasteiger partial charge in [-0.2, -0.15) is 0 Å². The molecule has 0 bridgehead atoms. The van der Waals surface area contributed by atoms with Crippen LogP contribution >= 0.6 is 11.3 Å². The molecular weight excluding hydrogens is 346 g/mol. The first kappa shape index (κ1) is 16.7. The van der Waals surface area contributed by atoms with Gasteiger partial charge in [-0.15, -0.1) is 0 Å². The SMILES string of the molecule is COc1cccc(OCC(=O)Nc2nc3ccc([N+](=O)[O-])cc3s2)c1. The standard InChI is InChI=1S/C16H13N3O5S/c1-23-11-3-2-4-12(8-11)24-9-15(20)18-16-17-13-6-5-10(19(21)22)7-14(13)25-16/h2-8H,9H2,1H3,(H,17,18,20). The lowest BCUT2D eigenvalue weighted by Crippen LogP contribution is -2.19. The maximum atomic E-state index is 12.0. The van der Waals surface area contributed by atoms with Crippen molar-refractivity contribution in [1.82, 2.24) is 4.98 Å². The van der Waals surface area contributed by atoms with Gasteiger partial charge < -0.3 is 9.47 Å². The minimum atomic E-state index is -0.473. The van der Waals surface area contributed by atoms with Gasteiger partial charge in [-0.1, -0.05) is 17.4 Å². The Balaban J connectivity index is 1.64. The van der Waals surface area contributed by atoms with Gasteiger partial charge in [-0.25, -0.2) is 4.98 Å². The number of hydrogen-bond acceptors (Lipinski definition) is 7. The van der Waals surface area contributed by atoms with E-state index < -0.39 is 4.92 Å². The first-order valence-corrected chi connectivity index (χ1v) is 7.98. The van der Waals surface area contributed by atoms with Gasteiger partial charge in [0.15, 0.2) is 11.7 Å². The molecule has 3 aromatic rings. The van der Waals surface area contributed by atoms with Crippen LogP contribution in [0.3, 0.4) is 0 Å². The number of fused-ring (bicyclic) bond motifs is 1. The number of rotatable bonds is 6. The van der Waals surface area contributed by atoms with E-state index in [1.54, 1.807) is 37.4 Å². The Morgan fingerprint density at radius 1 is 1.28 bits per heavy atom. The van der Waals surface area contributed by atoms with Crippen molar-refractivity contribution >= 4 is 38.3 Å². The van der Waals surface area contributed by atoms with Crippen LogP contribution in [0.25, 0.3) is 10.2 Å². The molecule has 0 unspecified atom stereocenters. The molecule has 0 aliphatic rings. The van der Waals surface area contributed by atoms with Crippen molar-refractivity contribution in [3.8, 4) is 11.5 Å². The molecule has 1 heterocycles. The number of methoxy groups -OCH3 is 1. The van der Waals surface area contributed by atoms with Crippen LogP contribution in [0.1, 0.15) is 0 Å². The van der Waals surface area contributed by atoms with Crippen LogP contribution in [-0.4, -0.2) is 29.5 Å². The maximum absolute atomic E-state index is 12.0. The molecule has 0 fully saturated rings. The number of nitro benzene ring substituents is 1. The fourth-order valence-corrected chi connectivity index (χ4v) is 2.99. The highest BCUT2D eigenvalue weighted by Crippen LogP contribution is 2.29. The summed E-state index contributed by atoms with van der Waals surface area (Å²) in [5.41, 5.74) is 0.565.